The van der Waals surface area contributed by atoms with Crippen LogP contribution in [0.5, 0.6) is 0 Å². The molecule has 9 heteroatoms. The van der Waals surface area contributed by atoms with Crippen molar-refractivity contribution in [3.05, 3.63) is 36.3 Å². The lowest BCUT2D eigenvalue weighted by Gasteiger charge is -2.29. The predicted octanol–water partition coefficient (Wildman–Crippen LogP) is 3.02. The average Bonchev–Trinajstić information content (AvgIpc) is 3.29. The van der Waals surface area contributed by atoms with Crippen LogP contribution in [-0.4, -0.2) is 50.1 Å². The van der Waals surface area contributed by atoms with E-state index in [2.05, 4.69) is 31.1 Å². The number of carbonyl (C=O) groups is 2. The van der Waals surface area contributed by atoms with Gasteiger partial charge in [-0.05, 0) is 51.7 Å². The Morgan fingerprint density at radius 1 is 1.06 bits per heavy atom. The molecule has 3 heterocycles. The van der Waals surface area contributed by atoms with Gasteiger partial charge in [0.05, 0.1) is 28.7 Å². The normalized spacial score (nSPS) is 18.5. The number of carbonyl (C=O) groups excluding carboxylic acids is 2. The van der Waals surface area contributed by atoms with Crippen molar-refractivity contribution < 1.29 is 9.59 Å². The summed E-state index contributed by atoms with van der Waals surface area (Å²) in [5.41, 5.74) is 4.15. The van der Waals surface area contributed by atoms with Gasteiger partial charge < -0.3 is 16.0 Å². The summed E-state index contributed by atoms with van der Waals surface area (Å²) in [7, 11) is 0. The van der Waals surface area contributed by atoms with Crippen molar-refractivity contribution in [1.29, 1.82) is 0 Å². The van der Waals surface area contributed by atoms with E-state index in [1.807, 2.05) is 26.0 Å². The lowest BCUT2D eigenvalue weighted by molar-refractivity contribution is -0.119. The first-order chi connectivity index (χ1) is 15.4. The molecule has 0 bridgehead atoms. The van der Waals surface area contributed by atoms with Crippen molar-refractivity contribution in [3.8, 4) is 11.3 Å². The molecule has 2 amide bonds. The topological polar surface area (TPSA) is 125 Å². The Morgan fingerprint density at radius 3 is 2.41 bits per heavy atom. The van der Waals surface area contributed by atoms with Crippen LogP contribution in [0, 0.1) is 0 Å². The van der Waals surface area contributed by atoms with E-state index in [9.17, 15) is 9.59 Å². The van der Waals surface area contributed by atoms with Crippen LogP contribution in [0.3, 0.4) is 0 Å². The summed E-state index contributed by atoms with van der Waals surface area (Å²) in [6.45, 7) is 5.59. The maximum Gasteiger partial charge on any atom is 0.255 e. The van der Waals surface area contributed by atoms with Gasteiger partial charge in [0.25, 0.3) is 5.91 Å². The van der Waals surface area contributed by atoms with Crippen molar-refractivity contribution >= 4 is 28.5 Å². The maximum absolute atomic E-state index is 13.2. The Balaban J connectivity index is 1.59. The molecule has 3 aromatic rings. The second kappa shape index (κ2) is 9.33. The number of aromatic amines is 1. The van der Waals surface area contributed by atoms with Crippen LogP contribution in [0.4, 0.5) is 5.69 Å². The molecule has 32 heavy (non-hydrogen) atoms. The lowest BCUT2D eigenvalue weighted by Crippen LogP contribution is -2.43. The number of nitrogens with zero attached hydrogens (tertiary/aromatic N) is 3. The zero-order valence-corrected chi connectivity index (χ0v) is 18.6. The number of rotatable bonds is 6. The van der Waals surface area contributed by atoms with Gasteiger partial charge in [-0.2, -0.15) is 5.10 Å². The smallest absolute Gasteiger partial charge is 0.255 e. The Hall–Kier alpha value is -3.49. The third-order valence-corrected chi connectivity index (χ3v) is 5.65. The van der Waals surface area contributed by atoms with Crippen molar-refractivity contribution in [2.24, 2.45) is 0 Å². The van der Waals surface area contributed by atoms with E-state index in [1.165, 1.54) is 6.92 Å². The molecule has 0 radical (unpaired) electrons. The fourth-order valence-corrected chi connectivity index (χ4v) is 4.16. The molecule has 0 atom stereocenters. The van der Waals surface area contributed by atoms with E-state index in [-0.39, 0.29) is 29.9 Å². The Labute approximate surface area is 186 Å². The molecule has 3 aromatic heterocycles. The second-order valence-electron chi connectivity index (χ2n) is 8.62. The van der Waals surface area contributed by atoms with Gasteiger partial charge in [-0.3, -0.25) is 19.7 Å². The molecule has 1 fully saturated rings. The van der Waals surface area contributed by atoms with Crippen LogP contribution in [-0.2, 0) is 4.79 Å². The van der Waals surface area contributed by atoms with Crippen molar-refractivity contribution in [2.45, 2.75) is 64.6 Å². The SMILES string of the molecule is CC(=O)N[C@H]1CC[C@H](NC(=O)c2cnc3ccc(-c4cn[nH]c4)nc3c2NC(C)C)CC1. The molecule has 1 aliphatic carbocycles. The van der Waals surface area contributed by atoms with Crippen LogP contribution in [0.15, 0.2) is 30.7 Å². The van der Waals surface area contributed by atoms with E-state index in [1.54, 1.807) is 18.6 Å². The molecule has 9 nitrogen and oxygen atoms in total. The highest BCUT2D eigenvalue weighted by molar-refractivity contribution is 6.06. The van der Waals surface area contributed by atoms with Gasteiger partial charge in [0.2, 0.25) is 5.91 Å². The summed E-state index contributed by atoms with van der Waals surface area (Å²) in [5.74, 6) is -0.174. The molecule has 1 aliphatic rings. The highest BCUT2D eigenvalue weighted by atomic mass is 16.2. The fourth-order valence-electron chi connectivity index (χ4n) is 4.16. The predicted molar refractivity (Wildman–Crippen MR) is 123 cm³/mol. The Bertz CT molecular complexity index is 1100. The van der Waals surface area contributed by atoms with Crippen molar-refractivity contribution in [1.82, 2.24) is 30.8 Å². The van der Waals surface area contributed by atoms with E-state index in [0.29, 0.717) is 22.3 Å². The first-order valence-electron chi connectivity index (χ1n) is 11.0. The molecule has 4 N–H and O–H groups in total. The molecule has 0 aliphatic heterocycles. The van der Waals surface area contributed by atoms with Crippen LogP contribution in [0.1, 0.15) is 56.8 Å². The standard InChI is InChI=1S/C23H29N7O2/c1-13(2)27-21-18(23(32)29-17-6-4-16(5-7-17)28-14(3)31)12-24-20-9-8-19(30-22(20)21)15-10-25-26-11-15/h8-13,16-17H,4-7H2,1-3H3,(H,24,27)(H,25,26)(H,28,31)(H,29,32)/t16-,17-. The lowest BCUT2D eigenvalue weighted by atomic mass is 9.91. The van der Waals surface area contributed by atoms with Crippen LogP contribution < -0.4 is 16.0 Å². The zero-order valence-electron chi connectivity index (χ0n) is 18.6. The highest BCUT2D eigenvalue weighted by Crippen LogP contribution is 2.28. The van der Waals surface area contributed by atoms with Gasteiger partial charge in [0.15, 0.2) is 0 Å². The van der Waals surface area contributed by atoms with E-state index >= 15 is 0 Å². The van der Waals surface area contributed by atoms with Gasteiger partial charge in [0.1, 0.15) is 5.52 Å². The Morgan fingerprint density at radius 2 is 1.78 bits per heavy atom. The quantitative estimate of drug-likeness (QED) is 0.472. The zero-order chi connectivity index (χ0) is 22.7. The molecule has 168 valence electrons. The first-order valence-corrected chi connectivity index (χ1v) is 11.0. The summed E-state index contributed by atoms with van der Waals surface area (Å²) in [5, 5.41) is 16.3. The van der Waals surface area contributed by atoms with Gasteiger partial charge in [-0.15, -0.1) is 0 Å². The summed E-state index contributed by atoms with van der Waals surface area (Å²) in [4.78, 5) is 33.8. The molecular weight excluding hydrogens is 406 g/mol. The Kier molecular flexibility index (Phi) is 6.34. The molecule has 0 unspecified atom stereocenters. The van der Waals surface area contributed by atoms with E-state index in [4.69, 9.17) is 4.98 Å². The minimum Gasteiger partial charge on any atom is -0.380 e. The fraction of sp³-hybridized carbons (Fsp3) is 0.435. The van der Waals surface area contributed by atoms with Crippen molar-refractivity contribution in [3.63, 3.8) is 0 Å². The van der Waals surface area contributed by atoms with Crippen molar-refractivity contribution in [2.75, 3.05) is 5.32 Å². The molecule has 0 aromatic carbocycles. The number of nitrogens with one attached hydrogen (secondary N) is 4. The molecule has 0 spiro atoms. The van der Waals surface area contributed by atoms with Crippen LogP contribution >= 0.6 is 0 Å². The van der Waals surface area contributed by atoms with E-state index in [0.717, 1.165) is 36.9 Å². The molecule has 0 saturated heterocycles. The number of aromatic nitrogens is 4. The number of amides is 2. The van der Waals surface area contributed by atoms with Gasteiger partial charge in [0, 0.05) is 43.0 Å². The van der Waals surface area contributed by atoms with Gasteiger partial charge in [-0.25, -0.2) is 4.98 Å². The minimum atomic E-state index is -0.166. The molecular formula is C23H29N7O2. The number of hydrogen-bond donors (Lipinski definition) is 4. The maximum atomic E-state index is 13.2. The van der Waals surface area contributed by atoms with E-state index < -0.39 is 0 Å². The van der Waals surface area contributed by atoms with Gasteiger partial charge >= 0.3 is 0 Å². The number of H-pyrrole nitrogens is 1. The minimum absolute atomic E-state index is 0.00795. The summed E-state index contributed by atoms with van der Waals surface area (Å²) >= 11 is 0. The first kappa shape index (κ1) is 21.7. The molecule has 1 saturated carbocycles. The summed E-state index contributed by atoms with van der Waals surface area (Å²) in [6.07, 6.45) is 8.47. The third-order valence-electron chi connectivity index (χ3n) is 5.65. The van der Waals surface area contributed by atoms with Crippen LogP contribution in [0.2, 0.25) is 0 Å². The number of anilines is 1. The number of pyridine rings is 2. The number of hydrogen-bond acceptors (Lipinski definition) is 6. The molecule has 4 rings (SSSR count). The monoisotopic (exact) mass is 435 g/mol. The van der Waals surface area contributed by atoms with Crippen LogP contribution in [0.25, 0.3) is 22.3 Å². The average molecular weight is 436 g/mol. The second-order valence-corrected chi connectivity index (χ2v) is 8.62. The highest BCUT2D eigenvalue weighted by Gasteiger charge is 2.25. The summed E-state index contributed by atoms with van der Waals surface area (Å²) in [6, 6.07) is 4.17. The largest absolute Gasteiger partial charge is 0.380 e. The number of fused-ring (bicyclic) bond motifs is 1. The van der Waals surface area contributed by atoms with Gasteiger partial charge in [-0.1, -0.05) is 0 Å². The summed E-state index contributed by atoms with van der Waals surface area (Å²) < 4.78 is 0. The third kappa shape index (κ3) is 4.87.